The molecule has 3 fully saturated rings. The first-order valence-corrected chi connectivity index (χ1v) is 17.0. The van der Waals surface area contributed by atoms with Crippen molar-refractivity contribution in [1.82, 2.24) is 25.1 Å². The summed E-state index contributed by atoms with van der Waals surface area (Å²) in [6, 6.07) is 5.73. The Morgan fingerprint density at radius 2 is 1.48 bits per heavy atom. The van der Waals surface area contributed by atoms with Crippen molar-refractivity contribution in [1.29, 1.82) is 0 Å². The lowest BCUT2D eigenvalue weighted by atomic mass is 9.87. The maximum Gasteiger partial charge on any atom is 0.230 e. The molecule has 2 aliphatic heterocycles. The molecule has 2 aromatic rings. The molecule has 2 unspecified atom stereocenters. The summed E-state index contributed by atoms with van der Waals surface area (Å²) in [5, 5.41) is 3.78. The molecule has 9 heteroatoms. The van der Waals surface area contributed by atoms with Gasteiger partial charge in [0.1, 0.15) is 0 Å². The highest BCUT2D eigenvalue weighted by Gasteiger charge is 2.27. The number of hydrogen-bond acceptors (Lipinski definition) is 8. The Hall–Kier alpha value is -2.36. The van der Waals surface area contributed by atoms with Crippen LogP contribution in [0.1, 0.15) is 57.8 Å². The number of ether oxygens (including phenoxy) is 2. The third-order valence-electron chi connectivity index (χ3n) is 9.23. The molecule has 2 saturated heterocycles. The predicted octanol–water partition coefficient (Wildman–Crippen LogP) is 5.37. The second-order valence-electron chi connectivity index (χ2n) is 12.5. The molecule has 1 aromatic carbocycles. The lowest BCUT2D eigenvalue weighted by Gasteiger charge is -2.40. The van der Waals surface area contributed by atoms with Crippen LogP contribution in [0.15, 0.2) is 35.7 Å². The molecule has 0 bridgehead atoms. The first-order chi connectivity index (χ1) is 20.6. The maximum absolute atomic E-state index is 12.6. The zero-order chi connectivity index (χ0) is 29.1. The molecule has 1 N–H and O–H groups in total. The number of methoxy groups -OCH3 is 2. The summed E-state index contributed by atoms with van der Waals surface area (Å²) < 4.78 is 10.7. The molecule has 1 saturated carbocycles. The number of carbonyl (C=O) groups excluding carboxylic acids is 1. The zero-order valence-corrected chi connectivity index (χ0v) is 26.4. The number of amides is 1. The van der Waals surface area contributed by atoms with Crippen molar-refractivity contribution in [2.24, 2.45) is 17.8 Å². The first-order valence-electron chi connectivity index (χ1n) is 16.0. The number of carbonyl (C=O) groups is 1. The van der Waals surface area contributed by atoms with Gasteiger partial charge in [0.05, 0.1) is 20.0 Å². The van der Waals surface area contributed by atoms with Crippen molar-refractivity contribution in [3.05, 3.63) is 30.6 Å². The van der Waals surface area contributed by atoms with Crippen LogP contribution >= 0.6 is 11.8 Å². The van der Waals surface area contributed by atoms with Crippen LogP contribution in [0.5, 0.6) is 11.5 Å². The van der Waals surface area contributed by atoms with Gasteiger partial charge < -0.3 is 24.6 Å². The van der Waals surface area contributed by atoms with Crippen LogP contribution in [0.2, 0.25) is 0 Å². The third kappa shape index (κ3) is 9.07. The lowest BCUT2D eigenvalue weighted by molar-refractivity contribution is -0.118. The van der Waals surface area contributed by atoms with Crippen molar-refractivity contribution in [2.45, 2.75) is 62.9 Å². The van der Waals surface area contributed by atoms with Crippen LogP contribution in [-0.2, 0) is 4.79 Å². The molecular formula is C33H49N5O3S. The Balaban J connectivity index is 1.01. The van der Waals surface area contributed by atoms with Crippen molar-refractivity contribution in [3.8, 4) is 22.6 Å². The fraction of sp³-hybridized carbons (Fsp3) is 0.667. The van der Waals surface area contributed by atoms with Crippen LogP contribution in [0.3, 0.4) is 0 Å². The molecule has 1 amide bonds. The van der Waals surface area contributed by atoms with Gasteiger partial charge in [-0.25, -0.2) is 9.97 Å². The monoisotopic (exact) mass is 595 g/mol. The molecule has 8 nitrogen and oxygen atoms in total. The molecule has 5 rings (SSSR count). The normalized spacial score (nSPS) is 22.5. The number of aromatic nitrogens is 2. The highest BCUT2D eigenvalue weighted by Crippen LogP contribution is 2.32. The molecule has 0 radical (unpaired) electrons. The van der Waals surface area contributed by atoms with Gasteiger partial charge in [-0.2, -0.15) is 0 Å². The molecule has 1 aromatic heterocycles. The molecule has 0 spiro atoms. The van der Waals surface area contributed by atoms with Gasteiger partial charge in [0, 0.05) is 50.7 Å². The summed E-state index contributed by atoms with van der Waals surface area (Å²) in [7, 11) is 3.24. The van der Waals surface area contributed by atoms with E-state index in [0.717, 1.165) is 36.1 Å². The average molecular weight is 596 g/mol. The first kappa shape index (κ1) is 31.1. The third-order valence-corrected chi connectivity index (χ3v) is 10.1. The highest BCUT2D eigenvalue weighted by atomic mass is 32.2. The Kier molecular flexibility index (Phi) is 11.8. The standard InChI is InChI=1S/C33H49N5O3S/c1-40-30-13-12-28(16-31(30)41-2)29-18-35-33(36-19-29)42-24-32(39)34-17-26-10-6-14-38(21-26)23-27-11-7-15-37(22-27)20-25-8-4-3-5-9-25/h12-13,16,18-19,25-27H,3-11,14-15,17,20-24H2,1-2H3,(H,34,39). The Morgan fingerprint density at radius 1 is 0.833 bits per heavy atom. The minimum absolute atomic E-state index is 0.0512. The van der Waals surface area contributed by atoms with E-state index >= 15 is 0 Å². The van der Waals surface area contributed by atoms with Gasteiger partial charge in [-0.05, 0) is 87.1 Å². The minimum Gasteiger partial charge on any atom is -0.493 e. The average Bonchev–Trinajstić information content (AvgIpc) is 3.03. The van der Waals surface area contributed by atoms with Crippen LogP contribution in [0, 0.1) is 17.8 Å². The van der Waals surface area contributed by atoms with E-state index in [0.29, 0.717) is 28.3 Å². The molecule has 3 heterocycles. The van der Waals surface area contributed by atoms with E-state index in [1.807, 2.05) is 18.2 Å². The second kappa shape index (κ2) is 15.9. The van der Waals surface area contributed by atoms with E-state index < -0.39 is 0 Å². The summed E-state index contributed by atoms with van der Waals surface area (Å²) in [5.74, 6) is 3.99. The topological polar surface area (TPSA) is 79.8 Å². The van der Waals surface area contributed by atoms with Gasteiger partial charge in [0.2, 0.25) is 5.91 Å². The number of nitrogens with one attached hydrogen (secondary N) is 1. The van der Waals surface area contributed by atoms with Gasteiger partial charge >= 0.3 is 0 Å². The second-order valence-corrected chi connectivity index (χ2v) is 13.4. The van der Waals surface area contributed by atoms with Crippen molar-refractivity contribution >= 4 is 17.7 Å². The Bertz CT molecular complexity index is 1130. The van der Waals surface area contributed by atoms with Gasteiger partial charge in [-0.3, -0.25) is 4.79 Å². The quantitative estimate of drug-likeness (QED) is 0.259. The predicted molar refractivity (Wildman–Crippen MR) is 169 cm³/mol. The fourth-order valence-electron chi connectivity index (χ4n) is 7.04. The SMILES string of the molecule is COc1ccc(-c2cnc(SCC(=O)NCC3CCCN(CC4CCCN(CC5CCCCC5)C4)C3)nc2)cc1OC. The van der Waals surface area contributed by atoms with Crippen molar-refractivity contribution in [2.75, 3.05) is 65.8 Å². The van der Waals surface area contributed by atoms with E-state index in [1.54, 1.807) is 26.6 Å². The van der Waals surface area contributed by atoms with E-state index in [2.05, 4.69) is 25.1 Å². The van der Waals surface area contributed by atoms with Gasteiger partial charge in [-0.1, -0.05) is 37.1 Å². The van der Waals surface area contributed by atoms with E-state index in [1.165, 1.54) is 102 Å². The number of hydrogen-bond donors (Lipinski definition) is 1. The fourth-order valence-corrected chi connectivity index (χ4v) is 7.66. The van der Waals surface area contributed by atoms with Crippen LogP contribution in [0.25, 0.3) is 11.1 Å². The summed E-state index contributed by atoms with van der Waals surface area (Å²) in [5.41, 5.74) is 1.83. The number of nitrogens with zero attached hydrogens (tertiary/aromatic N) is 4. The van der Waals surface area contributed by atoms with Crippen LogP contribution in [0.4, 0.5) is 0 Å². The number of piperidine rings is 2. The molecular weight excluding hydrogens is 546 g/mol. The van der Waals surface area contributed by atoms with E-state index in [4.69, 9.17) is 9.47 Å². The molecule has 1 aliphatic carbocycles. The zero-order valence-electron chi connectivity index (χ0n) is 25.6. The van der Waals surface area contributed by atoms with Crippen LogP contribution < -0.4 is 14.8 Å². The number of thioether (sulfide) groups is 1. The maximum atomic E-state index is 12.6. The summed E-state index contributed by atoms with van der Waals surface area (Å²) in [4.78, 5) is 27.0. The van der Waals surface area contributed by atoms with Gasteiger partial charge in [0.25, 0.3) is 0 Å². The van der Waals surface area contributed by atoms with Crippen molar-refractivity contribution in [3.63, 3.8) is 0 Å². The molecule has 2 atom stereocenters. The number of likely N-dealkylation sites (tertiary alicyclic amines) is 2. The molecule has 42 heavy (non-hydrogen) atoms. The largest absolute Gasteiger partial charge is 0.493 e. The van der Waals surface area contributed by atoms with Crippen molar-refractivity contribution < 1.29 is 14.3 Å². The van der Waals surface area contributed by atoms with E-state index in [-0.39, 0.29) is 5.91 Å². The summed E-state index contributed by atoms with van der Waals surface area (Å²) in [6.07, 6.45) is 15.9. The molecule has 230 valence electrons. The summed E-state index contributed by atoms with van der Waals surface area (Å²) >= 11 is 1.37. The van der Waals surface area contributed by atoms with Gasteiger partial charge in [0.15, 0.2) is 16.7 Å². The lowest BCUT2D eigenvalue weighted by Crippen LogP contribution is -2.46. The molecule has 3 aliphatic rings. The smallest absolute Gasteiger partial charge is 0.230 e. The number of rotatable bonds is 12. The summed E-state index contributed by atoms with van der Waals surface area (Å²) in [6.45, 7) is 8.20. The number of benzene rings is 1. The van der Waals surface area contributed by atoms with Gasteiger partial charge in [-0.15, -0.1) is 0 Å². The van der Waals surface area contributed by atoms with E-state index in [9.17, 15) is 4.79 Å². The van der Waals surface area contributed by atoms with Crippen LogP contribution in [-0.4, -0.2) is 91.5 Å². The Morgan fingerprint density at radius 3 is 2.19 bits per heavy atom. The Labute approximate surface area is 256 Å². The highest BCUT2D eigenvalue weighted by molar-refractivity contribution is 7.99. The minimum atomic E-state index is 0.0512.